The SMILES string of the molecule is CC(C)N(CCC(=O)O)C(=O)c1cc(-c2ccccc2)no1. The number of rotatable bonds is 6. The third-order valence-electron chi connectivity index (χ3n) is 3.24. The van der Waals surface area contributed by atoms with E-state index in [2.05, 4.69) is 5.16 Å². The molecule has 0 bridgehead atoms. The molecule has 1 N–H and O–H groups in total. The summed E-state index contributed by atoms with van der Waals surface area (Å²) in [5.41, 5.74) is 1.43. The highest BCUT2D eigenvalue weighted by molar-refractivity contribution is 5.92. The largest absolute Gasteiger partial charge is 0.481 e. The zero-order valence-electron chi connectivity index (χ0n) is 12.5. The van der Waals surface area contributed by atoms with Gasteiger partial charge in [-0.3, -0.25) is 9.59 Å². The van der Waals surface area contributed by atoms with E-state index in [4.69, 9.17) is 9.63 Å². The molecule has 1 aromatic heterocycles. The lowest BCUT2D eigenvalue weighted by Gasteiger charge is -2.24. The van der Waals surface area contributed by atoms with Crippen LogP contribution in [0.15, 0.2) is 40.9 Å². The van der Waals surface area contributed by atoms with Crippen molar-refractivity contribution in [3.05, 3.63) is 42.2 Å². The monoisotopic (exact) mass is 302 g/mol. The van der Waals surface area contributed by atoms with E-state index in [0.717, 1.165) is 5.56 Å². The minimum Gasteiger partial charge on any atom is -0.481 e. The number of nitrogens with zero attached hydrogens (tertiary/aromatic N) is 2. The molecular formula is C16H18N2O4. The van der Waals surface area contributed by atoms with Gasteiger partial charge in [0, 0.05) is 24.2 Å². The normalized spacial score (nSPS) is 10.7. The number of hydrogen-bond donors (Lipinski definition) is 1. The summed E-state index contributed by atoms with van der Waals surface area (Å²) in [5, 5.41) is 12.7. The fraction of sp³-hybridized carbons (Fsp3) is 0.312. The van der Waals surface area contributed by atoms with E-state index in [9.17, 15) is 9.59 Å². The van der Waals surface area contributed by atoms with Gasteiger partial charge >= 0.3 is 5.97 Å². The Hall–Kier alpha value is -2.63. The molecule has 6 heteroatoms. The van der Waals surface area contributed by atoms with Gasteiger partial charge in [-0.25, -0.2) is 0 Å². The number of carbonyl (C=O) groups is 2. The quantitative estimate of drug-likeness (QED) is 0.887. The van der Waals surface area contributed by atoms with Crippen LogP contribution in [0.4, 0.5) is 0 Å². The molecule has 0 aliphatic rings. The molecule has 0 saturated heterocycles. The van der Waals surface area contributed by atoms with Gasteiger partial charge in [-0.1, -0.05) is 35.5 Å². The van der Waals surface area contributed by atoms with Gasteiger partial charge in [0.05, 0.1) is 6.42 Å². The summed E-state index contributed by atoms with van der Waals surface area (Å²) >= 11 is 0. The van der Waals surface area contributed by atoms with Crippen LogP contribution in [0.5, 0.6) is 0 Å². The van der Waals surface area contributed by atoms with Crippen molar-refractivity contribution in [1.29, 1.82) is 0 Å². The molecule has 2 rings (SSSR count). The average Bonchev–Trinajstić information content (AvgIpc) is 2.97. The molecule has 0 spiro atoms. The number of aliphatic carboxylic acids is 1. The predicted molar refractivity (Wildman–Crippen MR) is 80.4 cm³/mol. The molecule has 1 heterocycles. The highest BCUT2D eigenvalue weighted by Gasteiger charge is 2.23. The molecule has 0 unspecified atom stereocenters. The standard InChI is InChI=1S/C16H18N2O4/c1-11(2)18(9-8-15(19)20)16(21)14-10-13(17-22-14)12-6-4-3-5-7-12/h3-7,10-11H,8-9H2,1-2H3,(H,19,20). The molecule has 1 aromatic carbocycles. The summed E-state index contributed by atoms with van der Waals surface area (Å²) in [7, 11) is 0. The Morgan fingerprint density at radius 2 is 1.95 bits per heavy atom. The molecule has 0 atom stereocenters. The number of benzene rings is 1. The molecule has 6 nitrogen and oxygen atoms in total. The van der Waals surface area contributed by atoms with Crippen molar-refractivity contribution >= 4 is 11.9 Å². The topological polar surface area (TPSA) is 83.6 Å². The zero-order valence-corrected chi connectivity index (χ0v) is 12.5. The van der Waals surface area contributed by atoms with Crippen LogP contribution >= 0.6 is 0 Å². The first-order chi connectivity index (χ1) is 10.5. The second-order valence-corrected chi connectivity index (χ2v) is 5.18. The summed E-state index contributed by atoms with van der Waals surface area (Å²) in [6.07, 6.45) is -0.108. The fourth-order valence-electron chi connectivity index (χ4n) is 2.07. The van der Waals surface area contributed by atoms with Crippen molar-refractivity contribution in [3.63, 3.8) is 0 Å². The molecule has 22 heavy (non-hydrogen) atoms. The van der Waals surface area contributed by atoms with Gasteiger partial charge in [0.15, 0.2) is 0 Å². The van der Waals surface area contributed by atoms with Crippen molar-refractivity contribution in [3.8, 4) is 11.3 Å². The highest BCUT2D eigenvalue weighted by Crippen LogP contribution is 2.20. The van der Waals surface area contributed by atoms with Crippen molar-refractivity contribution in [2.45, 2.75) is 26.3 Å². The van der Waals surface area contributed by atoms with Crippen molar-refractivity contribution in [2.75, 3.05) is 6.54 Å². The van der Waals surface area contributed by atoms with Gasteiger partial charge in [0.2, 0.25) is 5.76 Å². The lowest BCUT2D eigenvalue weighted by molar-refractivity contribution is -0.137. The highest BCUT2D eigenvalue weighted by atomic mass is 16.5. The molecule has 0 aliphatic carbocycles. The Kier molecular flexibility index (Phi) is 4.93. The van der Waals surface area contributed by atoms with E-state index in [1.807, 2.05) is 44.2 Å². The maximum Gasteiger partial charge on any atom is 0.305 e. The van der Waals surface area contributed by atoms with Crippen LogP contribution in [0.25, 0.3) is 11.3 Å². The van der Waals surface area contributed by atoms with Gasteiger partial charge in [0.25, 0.3) is 5.91 Å². The van der Waals surface area contributed by atoms with Crippen LogP contribution in [0, 0.1) is 0 Å². The fourth-order valence-corrected chi connectivity index (χ4v) is 2.07. The summed E-state index contributed by atoms with van der Waals surface area (Å²) in [6.45, 7) is 3.79. The van der Waals surface area contributed by atoms with Crippen LogP contribution in [-0.2, 0) is 4.79 Å². The van der Waals surface area contributed by atoms with Crippen LogP contribution in [-0.4, -0.2) is 39.6 Å². The van der Waals surface area contributed by atoms with Crippen LogP contribution in [0.3, 0.4) is 0 Å². The van der Waals surface area contributed by atoms with Gasteiger partial charge in [-0.15, -0.1) is 0 Å². The Morgan fingerprint density at radius 3 is 2.55 bits per heavy atom. The second-order valence-electron chi connectivity index (χ2n) is 5.18. The Bertz CT molecular complexity index is 649. The van der Waals surface area contributed by atoms with E-state index >= 15 is 0 Å². The average molecular weight is 302 g/mol. The minimum atomic E-state index is -0.944. The van der Waals surface area contributed by atoms with E-state index in [1.165, 1.54) is 4.90 Å². The van der Waals surface area contributed by atoms with Gasteiger partial charge < -0.3 is 14.5 Å². The lowest BCUT2D eigenvalue weighted by Crippen LogP contribution is -2.38. The number of carboxylic acids is 1. The predicted octanol–water partition coefficient (Wildman–Crippen LogP) is 2.67. The molecular weight excluding hydrogens is 284 g/mol. The molecule has 0 fully saturated rings. The number of carboxylic acid groups (broad SMARTS) is 1. The summed E-state index contributed by atoms with van der Waals surface area (Å²) in [6, 6.07) is 10.8. The van der Waals surface area contributed by atoms with E-state index < -0.39 is 5.97 Å². The first-order valence-corrected chi connectivity index (χ1v) is 7.04. The van der Waals surface area contributed by atoms with E-state index in [0.29, 0.717) is 5.69 Å². The third kappa shape index (κ3) is 3.72. The first-order valence-electron chi connectivity index (χ1n) is 7.04. The zero-order chi connectivity index (χ0) is 16.1. The number of hydrogen-bond acceptors (Lipinski definition) is 4. The van der Waals surface area contributed by atoms with E-state index in [1.54, 1.807) is 6.07 Å². The van der Waals surface area contributed by atoms with Crippen LogP contribution < -0.4 is 0 Å². The molecule has 1 amide bonds. The summed E-state index contributed by atoms with van der Waals surface area (Å²) in [5.74, 6) is -1.19. The first kappa shape index (κ1) is 15.8. The van der Waals surface area contributed by atoms with Crippen molar-refractivity contribution in [1.82, 2.24) is 10.1 Å². The van der Waals surface area contributed by atoms with E-state index in [-0.39, 0.29) is 30.7 Å². The molecule has 0 saturated carbocycles. The van der Waals surface area contributed by atoms with Gasteiger partial charge in [0.1, 0.15) is 5.69 Å². The second kappa shape index (κ2) is 6.89. The Balaban J connectivity index is 2.17. The molecule has 116 valence electrons. The summed E-state index contributed by atoms with van der Waals surface area (Å²) < 4.78 is 5.13. The molecule has 0 aliphatic heterocycles. The lowest BCUT2D eigenvalue weighted by atomic mass is 10.1. The minimum absolute atomic E-state index is 0.108. The van der Waals surface area contributed by atoms with Crippen molar-refractivity contribution < 1.29 is 19.2 Å². The van der Waals surface area contributed by atoms with Crippen molar-refractivity contribution in [2.24, 2.45) is 0 Å². The van der Waals surface area contributed by atoms with Gasteiger partial charge in [-0.2, -0.15) is 0 Å². The molecule has 2 aromatic rings. The van der Waals surface area contributed by atoms with Gasteiger partial charge in [-0.05, 0) is 13.8 Å². The number of carbonyl (C=O) groups excluding carboxylic acids is 1. The van der Waals surface area contributed by atoms with Crippen LogP contribution in [0.1, 0.15) is 30.8 Å². The Morgan fingerprint density at radius 1 is 1.27 bits per heavy atom. The number of amides is 1. The maximum absolute atomic E-state index is 12.4. The maximum atomic E-state index is 12.4. The van der Waals surface area contributed by atoms with Crippen LogP contribution in [0.2, 0.25) is 0 Å². The number of aromatic nitrogens is 1. The summed E-state index contributed by atoms with van der Waals surface area (Å²) in [4.78, 5) is 24.6. The molecule has 0 radical (unpaired) electrons. The Labute approximate surface area is 128 Å². The smallest absolute Gasteiger partial charge is 0.305 e. The third-order valence-corrected chi connectivity index (χ3v) is 3.24.